The zero-order valence-corrected chi connectivity index (χ0v) is 35.2. The van der Waals surface area contributed by atoms with Crippen molar-refractivity contribution in [2.24, 2.45) is 9.98 Å². The molecule has 0 amide bonds. The zero-order chi connectivity index (χ0) is 41.3. The van der Waals surface area contributed by atoms with Crippen LogP contribution >= 0.6 is 0 Å². The molecule has 0 atom stereocenters. The number of hydrogen-bond donors (Lipinski definition) is 2. The summed E-state index contributed by atoms with van der Waals surface area (Å²) in [6.45, 7) is 5.40. The number of pyridine rings is 4. The Bertz CT molecular complexity index is 2570. The third-order valence-corrected chi connectivity index (χ3v) is 9.08. The second kappa shape index (κ2) is 19.6. The van der Waals surface area contributed by atoms with E-state index in [2.05, 4.69) is 20.0 Å². The number of rotatable bonds is 7. The summed E-state index contributed by atoms with van der Waals surface area (Å²) in [7, 11) is 0. The molecule has 6 heterocycles. The Kier molecular flexibility index (Phi) is 14.4. The molecule has 0 saturated heterocycles. The molecule has 14 nitrogen and oxygen atoms in total. The molecule has 0 unspecified atom stereocenters. The molecule has 0 fully saturated rings. The van der Waals surface area contributed by atoms with Gasteiger partial charge in [-0.05, 0) is 62.4 Å². The first-order valence-electron chi connectivity index (χ1n) is 17.9. The number of benzene rings is 2. The number of fused-ring (bicyclic) bond motifs is 2. The number of aryl methyl sites for hydroxylation is 2. The van der Waals surface area contributed by atoms with Gasteiger partial charge in [0.1, 0.15) is 22.8 Å². The van der Waals surface area contributed by atoms with Gasteiger partial charge in [-0.25, -0.2) is 18.4 Å². The van der Waals surface area contributed by atoms with Crippen LogP contribution in [0, 0.1) is 11.6 Å². The minimum atomic E-state index is -1.32. The summed E-state index contributed by atoms with van der Waals surface area (Å²) in [6, 6.07) is 16.9. The predicted octanol–water partition coefficient (Wildman–Crippen LogP) is 6.20. The predicted molar refractivity (Wildman–Crippen MR) is 225 cm³/mol. The minimum absolute atomic E-state index is 0. The maximum atomic E-state index is 14.4. The van der Waals surface area contributed by atoms with E-state index in [0.29, 0.717) is 48.6 Å². The molecular weight excluding hydrogens is 959 g/mol. The van der Waals surface area contributed by atoms with Crippen molar-refractivity contribution in [3.05, 3.63) is 153 Å². The second-order valence-corrected chi connectivity index (χ2v) is 12.6. The van der Waals surface area contributed by atoms with Gasteiger partial charge in [0.15, 0.2) is 0 Å². The van der Waals surface area contributed by atoms with Crippen LogP contribution in [0.15, 0.2) is 130 Å². The SMILES string of the molecule is CCn1cc(C(=O)O)c(=O)c2cc(F)c(N3C=CN=CC3)cc21.CCn1cc(C(=O)O)c(=O)c2cc(F)c(N3C=CN=CC3)cc21.[Bi+3].c1ccc(-c2ccccn2)nc1. The summed E-state index contributed by atoms with van der Waals surface area (Å²) in [5.74, 6) is -3.81. The smallest absolute Gasteiger partial charge is 0.477 e. The van der Waals surface area contributed by atoms with Crippen molar-refractivity contribution in [3.63, 3.8) is 0 Å². The van der Waals surface area contributed by atoms with Gasteiger partial charge in [-0.1, -0.05) is 12.1 Å². The summed E-state index contributed by atoms with van der Waals surface area (Å²) in [6.07, 6.45) is 15.8. The van der Waals surface area contributed by atoms with Crippen molar-refractivity contribution in [1.82, 2.24) is 19.1 Å². The molecular formula is C42H36BiF2N8O6+3. The summed E-state index contributed by atoms with van der Waals surface area (Å²) in [5.41, 5.74) is 1.35. The quantitative estimate of drug-likeness (QED) is 0.175. The molecule has 0 bridgehead atoms. The van der Waals surface area contributed by atoms with Gasteiger partial charge in [0.25, 0.3) is 0 Å². The van der Waals surface area contributed by atoms with Gasteiger partial charge in [-0.15, -0.1) is 0 Å². The maximum absolute atomic E-state index is 14.4. The van der Waals surface area contributed by atoms with Crippen molar-refractivity contribution >= 4 is 83.8 Å². The molecule has 0 aliphatic carbocycles. The first kappa shape index (κ1) is 43.4. The molecule has 2 aliphatic rings. The first-order chi connectivity index (χ1) is 28.0. The van der Waals surface area contributed by atoms with Crippen LogP contribution in [0.4, 0.5) is 20.2 Å². The largest absolute Gasteiger partial charge is 3.00 e. The Labute approximate surface area is 354 Å². The summed E-state index contributed by atoms with van der Waals surface area (Å²) < 4.78 is 32.1. The van der Waals surface area contributed by atoms with Crippen LogP contribution in [0.3, 0.4) is 0 Å². The van der Waals surface area contributed by atoms with E-state index in [1.807, 2.05) is 50.2 Å². The summed E-state index contributed by atoms with van der Waals surface area (Å²) >= 11 is 0. The normalized spacial score (nSPS) is 12.7. The van der Waals surface area contributed by atoms with E-state index < -0.39 is 34.4 Å². The van der Waals surface area contributed by atoms with E-state index in [1.54, 1.807) is 80.7 Å². The first-order valence-corrected chi connectivity index (χ1v) is 17.9. The molecule has 0 spiro atoms. The number of halogens is 2. The van der Waals surface area contributed by atoms with Crippen LogP contribution in [-0.2, 0) is 13.1 Å². The summed E-state index contributed by atoms with van der Waals surface area (Å²) in [4.78, 5) is 66.5. The number of carboxylic acids is 2. The molecule has 6 aromatic rings. The van der Waals surface area contributed by atoms with Crippen LogP contribution in [0.5, 0.6) is 0 Å². The molecule has 2 aliphatic heterocycles. The number of carbonyl (C=O) groups is 2. The summed E-state index contributed by atoms with van der Waals surface area (Å²) in [5, 5.41) is 18.4. The van der Waals surface area contributed by atoms with Crippen LogP contribution in [0.25, 0.3) is 33.2 Å². The van der Waals surface area contributed by atoms with E-state index >= 15 is 0 Å². The van der Waals surface area contributed by atoms with Gasteiger partial charge in [0.05, 0.1) is 46.9 Å². The van der Waals surface area contributed by atoms with Gasteiger partial charge in [0, 0.05) is 85.9 Å². The van der Waals surface area contributed by atoms with Crippen LogP contribution in [0.2, 0.25) is 0 Å². The number of hydrogen-bond acceptors (Lipinski definition) is 10. The topological polar surface area (TPSA) is 176 Å². The molecule has 17 heteroatoms. The van der Waals surface area contributed by atoms with E-state index in [4.69, 9.17) is 10.2 Å². The fraction of sp³-hybridized carbons (Fsp3) is 0.143. The van der Waals surface area contributed by atoms with Crippen molar-refractivity contribution in [3.8, 4) is 11.4 Å². The molecule has 2 aromatic carbocycles. The second-order valence-electron chi connectivity index (χ2n) is 12.6. The third-order valence-electron chi connectivity index (χ3n) is 9.08. The monoisotopic (exact) mass is 995 g/mol. The standard InChI is InChI=1S/2C16H14FN3O3.C10H8N2.Bi/c2*1-2-19-9-11(16(22)23)15(21)10-7-12(17)14(8-13(10)19)20-5-3-18-4-6-20;1-3-7-11-9(5-1)10-6-2-4-8-12-10;/h2*3-5,7-9H,2,6H2,1H3,(H,22,23);1-8H;/q;;;+3. The molecule has 0 saturated carbocycles. The number of aromatic nitrogens is 4. The third kappa shape index (κ3) is 9.70. The Balaban J connectivity index is 0.000000175. The Morgan fingerprint density at radius 2 is 1.07 bits per heavy atom. The zero-order valence-electron chi connectivity index (χ0n) is 31.7. The molecule has 2 radical (unpaired) electrons. The number of anilines is 2. The molecule has 59 heavy (non-hydrogen) atoms. The van der Waals surface area contributed by atoms with E-state index in [-0.39, 0.29) is 48.1 Å². The van der Waals surface area contributed by atoms with Gasteiger partial charge in [-0.3, -0.25) is 29.5 Å². The fourth-order valence-corrected chi connectivity index (χ4v) is 6.20. The van der Waals surface area contributed by atoms with Gasteiger partial charge < -0.3 is 29.1 Å². The Morgan fingerprint density at radius 1 is 0.661 bits per heavy atom. The van der Waals surface area contributed by atoms with Gasteiger partial charge >= 0.3 is 38.1 Å². The van der Waals surface area contributed by atoms with Crippen molar-refractivity contribution in [1.29, 1.82) is 0 Å². The number of carboxylic acid groups (broad SMARTS) is 2. The Morgan fingerprint density at radius 3 is 1.37 bits per heavy atom. The minimum Gasteiger partial charge on any atom is -0.477 e. The van der Waals surface area contributed by atoms with E-state index in [0.717, 1.165) is 23.5 Å². The van der Waals surface area contributed by atoms with Crippen LogP contribution in [-0.4, -0.2) is 93.0 Å². The van der Waals surface area contributed by atoms with Crippen molar-refractivity contribution in [2.45, 2.75) is 26.9 Å². The van der Waals surface area contributed by atoms with Gasteiger partial charge in [-0.2, -0.15) is 0 Å². The Hall–Kier alpha value is -6.74. The van der Waals surface area contributed by atoms with Gasteiger partial charge in [0.2, 0.25) is 10.9 Å². The van der Waals surface area contributed by atoms with Crippen molar-refractivity contribution < 1.29 is 28.6 Å². The van der Waals surface area contributed by atoms with E-state index in [9.17, 15) is 28.0 Å². The van der Waals surface area contributed by atoms with Crippen LogP contribution < -0.4 is 20.7 Å². The van der Waals surface area contributed by atoms with Crippen LogP contribution in [0.1, 0.15) is 34.6 Å². The number of aromatic carboxylic acids is 2. The number of nitrogens with zero attached hydrogens (tertiary/aromatic N) is 8. The number of aliphatic imine (C=N–C) groups is 2. The average Bonchev–Trinajstić information content (AvgIpc) is 3.25. The molecule has 8 rings (SSSR count). The maximum Gasteiger partial charge on any atom is 3.00 e. The fourth-order valence-electron chi connectivity index (χ4n) is 6.20. The van der Waals surface area contributed by atoms with E-state index in [1.165, 1.54) is 12.4 Å². The molecule has 296 valence electrons. The molecule has 2 N–H and O–H groups in total. The average molecular weight is 996 g/mol. The van der Waals surface area contributed by atoms with Crippen molar-refractivity contribution in [2.75, 3.05) is 22.9 Å². The molecule has 4 aromatic heterocycles.